The second-order valence-electron chi connectivity index (χ2n) is 9.04. The van der Waals surface area contributed by atoms with E-state index in [0.717, 1.165) is 43.2 Å². The number of anilines is 1. The third kappa shape index (κ3) is 3.44. The van der Waals surface area contributed by atoms with Gasteiger partial charge in [0, 0.05) is 49.0 Å². The highest BCUT2D eigenvalue weighted by molar-refractivity contribution is 5.89. The van der Waals surface area contributed by atoms with E-state index in [1.165, 1.54) is 17.5 Å². The predicted molar refractivity (Wildman–Crippen MR) is 122 cm³/mol. The van der Waals surface area contributed by atoms with Gasteiger partial charge in [0.25, 0.3) is 0 Å². The van der Waals surface area contributed by atoms with Crippen LogP contribution in [0.4, 0.5) is 10.1 Å². The van der Waals surface area contributed by atoms with E-state index >= 15 is 0 Å². The fraction of sp³-hybridized carbons (Fsp3) is 0.375. The van der Waals surface area contributed by atoms with Gasteiger partial charge in [-0.25, -0.2) is 9.37 Å². The Morgan fingerprint density at radius 3 is 2.91 bits per heavy atom. The van der Waals surface area contributed by atoms with E-state index < -0.39 is 11.6 Å². The number of nitrogens with one attached hydrogen (secondary N) is 1. The normalized spacial score (nSPS) is 18.8. The summed E-state index contributed by atoms with van der Waals surface area (Å²) in [6.07, 6.45) is 7.19. The summed E-state index contributed by atoms with van der Waals surface area (Å²) in [6.45, 7) is 3.17. The molecule has 0 spiro atoms. The molecule has 1 atom stereocenters. The minimum Gasteiger partial charge on any atom is -0.504 e. The summed E-state index contributed by atoms with van der Waals surface area (Å²) in [4.78, 5) is 11.6. The summed E-state index contributed by atoms with van der Waals surface area (Å²) >= 11 is 0. The van der Waals surface area contributed by atoms with Gasteiger partial charge in [-0.05, 0) is 56.0 Å². The van der Waals surface area contributed by atoms with Crippen LogP contribution in [0.15, 0.2) is 36.7 Å². The molecular formula is C24H25FN6O. The average Bonchev–Trinajstić information content (AvgIpc) is 3.37. The maximum atomic E-state index is 14.6. The average molecular weight is 433 g/mol. The van der Waals surface area contributed by atoms with Crippen molar-refractivity contribution in [3.8, 4) is 17.0 Å². The predicted octanol–water partition coefficient (Wildman–Crippen LogP) is 3.61. The number of benzene rings is 2. The Morgan fingerprint density at radius 2 is 2.06 bits per heavy atom. The van der Waals surface area contributed by atoms with Gasteiger partial charge in [0.15, 0.2) is 11.6 Å². The van der Waals surface area contributed by atoms with Gasteiger partial charge in [0.05, 0.1) is 22.9 Å². The second-order valence-corrected chi connectivity index (χ2v) is 9.04. The van der Waals surface area contributed by atoms with E-state index in [1.54, 1.807) is 25.5 Å². The molecule has 6 rings (SSSR count). The van der Waals surface area contributed by atoms with Crippen molar-refractivity contribution in [3.05, 3.63) is 42.5 Å². The van der Waals surface area contributed by atoms with Crippen LogP contribution in [-0.2, 0) is 7.05 Å². The van der Waals surface area contributed by atoms with E-state index in [1.807, 2.05) is 6.07 Å². The van der Waals surface area contributed by atoms with Crippen LogP contribution in [0.3, 0.4) is 0 Å². The van der Waals surface area contributed by atoms with Gasteiger partial charge in [-0.2, -0.15) is 5.10 Å². The number of phenols is 1. The molecule has 164 valence electrons. The number of aromatic nitrogens is 4. The number of fused-ring (bicyclic) bond motifs is 2. The maximum absolute atomic E-state index is 14.6. The highest BCUT2D eigenvalue weighted by atomic mass is 19.1. The van der Waals surface area contributed by atoms with Crippen molar-refractivity contribution < 1.29 is 9.50 Å². The Kier molecular flexibility index (Phi) is 4.50. The summed E-state index contributed by atoms with van der Waals surface area (Å²) in [6, 6.07) is 8.31. The zero-order chi connectivity index (χ0) is 21.8. The van der Waals surface area contributed by atoms with Crippen LogP contribution in [0, 0.1) is 11.7 Å². The Labute approximate surface area is 184 Å². The van der Waals surface area contributed by atoms with E-state index in [0.29, 0.717) is 28.2 Å². The molecule has 2 aliphatic rings. The standard InChI is InChI=1S/C24H25FN6O/c1-30-12-15-8-18(24(32)22(25)23(15)29-30)21-11-27-20-9-17(4-5-19(20)28-21)31-7-6-16(13-31)26-10-14-2-3-14/h4-5,8-9,11-12,14,16,26,32H,2-3,6-7,10,13H2,1H3/t16-/m0/s1. The molecule has 0 amide bonds. The molecule has 32 heavy (non-hydrogen) atoms. The van der Waals surface area contributed by atoms with Gasteiger partial charge in [0.1, 0.15) is 5.52 Å². The van der Waals surface area contributed by atoms with Crippen molar-refractivity contribution in [3.63, 3.8) is 0 Å². The lowest BCUT2D eigenvalue weighted by Crippen LogP contribution is -2.33. The van der Waals surface area contributed by atoms with Gasteiger partial charge < -0.3 is 15.3 Å². The molecule has 2 aromatic carbocycles. The second kappa shape index (κ2) is 7.41. The maximum Gasteiger partial charge on any atom is 0.193 e. The lowest BCUT2D eigenvalue weighted by atomic mass is 10.1. The molecule has 0 radical (unpaired) electrons. The number of aromatic hydroxyl groups is 1. The van der Waals surface area contributed by atoms with Crippen LogP contribution in [0.25, 0.3) is 33.2 Å². The van der Waals surface area contributed by atoms with Crippen LogP contribution in [0.1, 0.15) is 19.3 Å². The Morgan fingerprint density at radius 1 is 1.19 bits per heavy atom. The molecule has 8 heteroatoms. The number of aryl methyl sites for hydroxylation is 1. The van der Waals surface area contributed by atoms with Crippen molar-refractivity contribution in [2.75, 3.05) is 24.5 Å². The molecule has 2 aromatic heterocycles. The fourth-order valence-electron chi connectivity index (χ4n) is 4.57. The van der Waals surface area contributed by atoms with Crippen LogP contribution >= 0.6 is 0 Å². The van der Waals surface area contributed by atoms with Gasteiger partial charge in [-0.15, -0.1) is 0 Å². The third-order valence-electron chi connectivity index (χ3n) is 6.58. The first-order chi connectivity index (χ1) is 15.5. The van der Waals surface area contributed by atoms with E-state index in [-0.39, 0.29) is 5.52 Å². The monoisotopic (exact) mass is 432 g/mol. The summed E-state index contributed by atoms with van der Waals surface area (Å²) < 4.78 is 16.2. The smallest absolute Gasteiger partial charge is 0.193 e. The van der Waals surface area contributed by atoms with Crippen LogP contribution in [0.2, 0.25) is 0 Å². The lowest BCUT2D eigenvalue weighted by Gasteiger charge is -2.19. The molecular weight excluding hydrogens is 407 g/mol. The molecule has 0 bridgehead atoms. The minimum atomic E-state index is -0.741. The molecule has 1 aliphatic carbocycles. The van der Waals surface area contributed by atoms with Crippen molar-refractivity contribution >= 4 is 27.6 Å². The van der Waals surface area contributed by atoms with E-state index in [2.05, 4.69) is 37.4 Å². The Hall–Kier alpha value is -3.26. The van der Waals surface area contributed by atoms with Crippen molar-refractivity contribution in [2.45, 2.75) is 25.3 Å². The third-order valence-corrected chi connectivity index (χ3v) is 6.58. The summed E-state index contributed by atoms with van der Waals surface area (Å²) in [5.74, 6) is -0.307. The fourth-order valence-corrected chi connectivity index (χ4v) is 4.57. The summed E-state index contributed by atoms with van der Waals surface area (Å²) in [5.41, 5.74) is 3.51. The van der Waals surface area contributed by atoms with Gasteiger partial charge in [-0.3, -0.25) is 9.67 Å². The molecule has 2 N–H and O–H groups in total. The van der Waals surface area contributed by atoms with E-state index in [9.17, 15) is 9.50 Å². The molecule has 1 saturated heterocycles. The number of phenolic OH excluding ortho intramolecular Hbond substituents is 1. The quantitative estimate of drug-likeness (QED) is 0.502. The number of hydrogen-bond acceptors (Lipinski definition) is 6. The van der Waals surface area contributed by atoms with Crippen LogP contribution in [0.5, 0.6) is 5.75 Å². The molecule has 1 saturated carbocycles. The first kappa shape index (κ1) is 19.4. The molecule has 3 heterocycles. The van der Waals surface area contributed by atoms with Crippen LogP contribution in [-0.4, -0.2) is 50.5 Å². The van der Waals surface area contributed by atoms with Crippen molar-refractivity contribution in [1.29, 1.82) is 0 Å². The number of nitrogens with zero attached hydrogens (tertiary/aromatic N) is 5. The largest absolute Gasteiger partial charge is 0.504 e. The van der Waals surface area contributed by atoms with Gasteiger partial charge >= 0.3 is 0 Å². The Bertz CT molecular complexity index is 1330. The number of halogens is 1. The zero-order valence-electron chi connectivity index (χ0n) is 17.9. The van der Waals surface area contributed by atoms with Crippen molar-refractivity contribution in [1.82, 2.24) is 25.1 Å². The Balaban J connectivity index is 1.28. The van der Waals surface area contributed by atoms with Crippen molar-refractivity contribution in [2.24, 2.45) is 13.0 Å². The molecule has 1 aliphatic heterocycles. The first-order valence-corrected chi connectivity index (χ1v) is 11.2. The highest BCUT2D eigenvalue weighted by Crippen LogP contribution is 2.36. The van der Waals surface area contributed by atoms with Gasteiger partial charge in [-0.1, -0.05) is 0 Å². The highest BCUT2D eigenvalue weighted by Gasteiger charge is 2.26. The topological polar surface area (TPSA) is 79.1 Å². The van der Waals surface area contributed by atoms with Crippen LogP contribution < -0.4 is 10.2 Å². The molecule has 4 aromatic rings. The first-order valence-electron chi connectivity index (χ1n) is 11.2. The molecule has 0 unspecified atom stereocenters. The lowest BCUT2D eigenvalue weighted by molar-refractivity contribution is 0.437. The number of hydrogen-bond donors (Lipinski definition) is 2. The summed E-state index contributed by atoms with van der Waals surface area (Å²) in [7, 11) is 1.72. The minimum absolute atomic E-state index is 0.141. The summed E-state index contributed by atoms with van der Waals surface area (Å²) in [5, 5.41) is 18.8. The molecule has 2 fully saturated rings. The molecule has 7 nitrogen and oxygen atoms in total. The van der Waals surface area contributed by atoms with Gasteiger partial charge in [0.2, 0.25) is 0 Å². The zero-order valence-corrected chi connectivity index (χ0v) is 17.9. The van der Waals surface area contributed by atoms with E-state index in [4.69, 9.17) is 0 Å². The SMILES string of the molecule is Cn1cc2cc(-c3cnc4cc(N5CC[C@H](NCC6CC6)C5)ccc4n3)c(O)c(F)c2n1. The number of rotatable bonds is 5.